The average molecular weight is 369 g/mol. The number of benzene rings is 2. The van der Waals surface area contributed by atoms with Crippen molar-refractivity contribution in [2.45, 2.75) is 70.3 Å². The van der Waals surface area contributed by atoms with E-state index in [0.29, 0.717) is 12.3 Å². The first-order valence-corrected chi connectivity index (χ1v) is 10.6. The highest BCUT2D eigenvalue weighted by Crippen LogP contribution is 2.38. The van der Waals surface area contributed by atoms with Gasteiger partial charge in [0.25, 0.3) is 0 Å². The molecule has 0 amide bonds. The Kier molecular flexibility index (Phi) is 9.03. The summed E-state index contributed by atoms with van der Waals surface area (Å²) < 4.78 is 0. The average Bonchev–Trinajstić information content (AvgIpc) is 2.72. The minimum atomic E-state index is -0.943. The van der Waals surface area contributed by atoms with Gasteiger partial charge in [-0.15, -0.1) is 0 Å². The van der Waals surface area contributed by atoms with Crippen LogP contribution in [0.3, 0.4) is 0 Å². The second-order valence-electron chi connectivity index (χ2n) is 7.87. The van der Waals surface area contributed by atoms with Crippen LogP contribution < -0.4 is 0 Å². The predicted octanol–water partition coefficient (Wildman–Crippen LogP) is 6.04. The Hall–Kier alpha value is -1.64. The third-order valence-corrected chi connectivity index (χ3v) is 5.89. The van der Waals surface area contributed by atoms with E-state index in [1.807, 2.05) is 36.4 Å². The lowest BCUT2D eigenvalue weighted by Gasteiger charge is -2.36. The fourth-order valence-electron chi connectivity index (χ4n) is 4.06. The molecule has 0 aliphatic carbocycles. The van der Waals surface area contributed by atoms with Crippen LogP contribution in [0.25, 0.3) is 0 Å². The van der Waals surface area contributed by atoms with Crippen molar-refractivity contribution in [1.29, 1.82) is 0 Å². The fraction of sp³-hybridized carbons (Fsp3) is 0.520. The van der Waals surface area contributed by atoms with Crippen molar-refractivity contribution < 1.29 is 10.2 Å². The Morgan fingerprint density at radius 2 is 1.48 bits per heavy atom. The molecule has 0 saturated heterocycles. The number of rotatable bonds is 12. The lowest BCUT2D eigenvalue weighted by Crippen LogP contribution is -2.37. The van der Waals surface area contributed by atoms with Crippen LogP contribution in [0.4, 0.5) is 0 Å². The molecule has 2 heteroatoms. The highest BCUT2D eigenvalue weighted by atomic mass is 16.3. The summed E-state index contributed by atoms with van der Waals surface area (Å²) >= 11 is 0. The minimum absolute atomic E-state index is 0.0250. The van der Waals surface area contributed by atoms with Crippen molar-refractivity contribution >= 4 is 0 Å². The van der Waals surface area contributed by atoms with Crippen LogP contribution in [-0.4, -0.2) is 16.8 Å². The molecule has 0 saturated carbocycles. The first-order valence-electron chi connectivity index (χ1n) is 10.6. The standard InChI is InChI=1S/C25H36O2/c1-3-4-11-19-25(27,23-16-9-6-10-17-23)24(20-26)18-12-13-21(2)22-14-7-5-8-15-22/h5-10,14-17,21,24,26-27H,3-4,11-13,18-20H2,1-2H3. The largest absolute Gasteiger partial charge is 0.396 e. The SMILES string of the molecule is CCCCCC(O)(c1ccccc1)C(CO)CCCC(C)c1ccccc1. The van der Waals surface area contributed by atoms with Crippen LogP contribution in [0.1, 0.15) is 75.8 Å². The van der Waals surface area contributed by atoms with Gasteiger partial charge < -0.3 is 10.2 Å². The van der Waals surface area contributed by atoms with Crippen molar-refractivity contribution in [3.8, 4) is 0 Å². The van der Waals surface area contributed by atoms with Gasteiger partial charge in [-0.1, -0.05) is 100 Å². The van der Waals surface area contributed by atoms with E-state index in [9.17, 15) is 10.2 Å². The van der Waals surface area contributed by atoms with Crippen LogP contribution in [0.2, 0.25) is 0 Å². The molecule has 0 heterocycles. The lowest BCUT2D eigenvalue weighted by atomic mass is 9.75. The molecular formula is C25H36O2. The molecule has 0 radical (unpaired) electrons. The maximum atomic E-state index is 11.6. The first kappa shape index (κ1) is 21.7. The van der Waals surface area contributed by atoms with Crippen molar-refractivity contribution in [3.63, 3.8) is 0 Å². The highest BCUT2D eigenvalue weighted by Gasteiger charge is 2.37. The van der Waals surface area contributed by atoms with Gasteiger partial charge >= 0.3 is 0 Å². The van der Waals surface area contributed by atoms with E-state index in [1.54, 1.807) is 0 Å². The topological polar surface area (TPSA) is 40.5 Å². The molecule has 0 spiro atoms. The molecule has 2 rings (SSSR count). The number of unbranched alkanes of at least 4 members (excludes halogenated alkanes) is 2. The Morgan fingerprint density at radius 3 is 2.07 bits per heavy atom. The first-order chi connectivity index (χ1) is 13.1. The number of aliphatic hydroxyl groups is 2. The summed E-state index contributed by atoms with van der Waals surface area (Å²) in [6, 6.07) is 20.5. The molecule has 2 N–H and O–H groups in total. The lowest BCUT2D eigenvalue weighted by molar-refractivity contribution is -0.0582. The number of hydrogen-bond donors (Lipinski definition) is 2. The van der Waals surface area contributed by atoms with E-state index in [1.165, 1.54) is 5.56 Å². The van der Waals surface area contributed by atoms with E-state index in [-0.39, 0.29) is 12.5 Å². The normalized spacial score (nSPS) is 15.9. The van der Waals surface area contributed by atoms with Crippen LogP contribution in [0, 0.1) is 5.92 Å². The van der Waals surface area contributed by atoms with Gasteiger partial charge in [-0.25, -0.2) is 0 Å². The van der Waals surface area contributed by atoms with Gasteiger partial charge in [0, 0.05) is 12.5 Å². The molecule has 0 bridgehead atoms. The van der Waals surface area contributed by atoms with E-state index >= 15 is 0 Å². The smallest absolute Gasteiger partial charge is 0.0946 e. The summed E-state index contributed by atoms with van der Waals surface area (Å²) in [7, 11) is 0. The molecule has 2 aromatic rings. The zero-order valence-corrected chi connectivity index (χ0v) is 17.0. The molecule has 2 aromatic carbocycles. The van der Waals surface area contributed by atoms with Gasteiger partial charge in [0.1, 0.15) is 0 Å². The number of aliphatic hydroxyl groups excluding tert-OH is 1. The van der Waals surface area contributed by atoms with Crippen molar-refractivity contribution in [2.75, 3.05) is 6.61 Å². The molecule has 27 heavy (non-hydrogen) atoms. The molecule has 0 aliphatic heterocycles. The van der Waals surface area contributed by atoms with Crippen LogP contribution in [0.5, 0.6) is 0 Å². The fourth-order valence-corrected chi connectivity index (χ4v) is 4.06. The molecule has 2 nitrogen and oxygen atoms in total. The molecule has 148 valence electrons. The van der Waals surface area contributed by atoms with Gasteiger partial charge in [0.15, 0.2) is 0 Å². The van der Waals surface area contributed by atoms with E-state index in [4.69, 9.17) is 0 Å². The van der Waals surface area contributed by atoms with Crippen molar-refractivity contribution in [2.24, 2.45) is 5.92 Å². The predicted molar refractivity (Wildman–Crippen MR) is 114 cm³/mol. The summed E-state index contributed by atoms with van der Waals surface area (Å²) in [6.07, 6.45) is 6.85. The van der Waals surface area contributed by atoms with Crippen LogP contribution in [-0.2, 0) is 5.60 Å². The zero-order chi connectivity index (χ0) is 19.5. The van der Waals surface area contributed by atoms with E-state index in [0.717, 1.165) is 44.1 Å². The van der Waals surface area contributed by atoms with Crippen LogP contribution in [0.15, 0.2) is 60.7 Å². The molecule has 3 atom stereocenters. The molecule has 0 fully saturated rings. The quantitative estimate of drug-likeness (QED) is 0.449. The number of hydrogen-bond acceptors (Lipinski definition) is 2. The van der Waals surface area contributed by atoms with E-state index in [2.05, 4.69) is 38.1 Å². The Labute approximate surface area is 165 Å². The molecular weight excluding hydrogens is 332 g/mol. The Bertz CT molecular complexity index is 625. The monoisotopic (exact) mass is 368 g/mol. The second-order valence-corrected chi connectivity index (χ2v) is 7.87. The maximum Gasteiger partial charge on any atom is 0.0946 e. The molecule has 3 unspecified atom stereocenters. The second kappa shape index (κ2) is 11.3. The third kappa shape index (κ3) is 6.19. The summed E-state index contributed by atoms with van der Waals surface area (Å²) in [6.45, 7) is 4.46. The van der Waals surface area contributed by atoms with Gasteiger partial charge in [-0.2, -0.15) is 0 Å². The Morgan fingerprint density at radius 1 is 0.852 bits per heavy atom. The summed E-state index contributed by atoms with van der Waals surface area (Å²) in [5, 5.41) is 21.7. The molecule has 0 aliphatic rings. The van der Waals surface area contributed by atoms with Crippen LogP contribution >= 0.6 is 0 Å². The Balaban J connectivity index is 2.03. The zero-order valence-electron chi connectivity index (χ0n) is 17.0. The van der Waals surface area contributed by atoms with Crippen molar-refractivity contribution in [1.82, 2.24) is 0 Å². The van der Waals surface area contributed by atoms with Gasteiger partial charge in [-0.3, -0.25) is 0 Å². The minimum Gasteiger partial charge on any atom is -0.396 e. The summed E-state index contributed by atoms with van der Waals surface area (Å²) in [4.78, 5) is 0. The third-order valence-electron chi connectivity index (χ3n) is 5.89. The molecule has 0 aromatic heterocycles. The van der Waals surface area contributed by atoms with Crippen molar-refractivity contribution in [3.05, 3.63) is 71.8 Å². The highest BCUT2D eigenvalue weighted by molar-refractivity contribution is 5.23. The van der Waals surface area contributed by atoms with Gasteiger partial charge in [-0.05, 0) is 36.3 Å². The van der Waals surface area contributed by atoms with E-state index < -0.39 is 5.60 Å². The summed E-state index contributed by atoms with van der Waals surface area (Å²) in [5.41, 5.74) is 1.36. The van der Waals surface area contributed by atoms with Gasteiger partial charge in [0.05, 0.1) is 5.60 Å². The summed E-state index contributed by atoms with van der Waals surface area (Å²) in [5.74, 6) is 0.371. The maximum absolute atomic E-state index is 11.6. The van der Waals surface area contributed by atoms with Gasteiger partial charge in [0.2, 0.25) is 0 Å².